The minimum absolute atomic E-state index is 0.0346. The van der Waals surface area contributed by atoms with Crippen molar-refractivity contribution < 1.29 is 0 Å². The molecule has 15 heavy (non-hydrogen) atoms. The van der Waals surface area contributed by atoms with Crippen molar-refractivity contribution in [1.29, 1.82) is 0 Å². The first kappa shape index (κ1) is 10.4. The molecule has 3 heteroatoms. The van der Waals surface area contributed by atoms with E-state index in [1.54, 1.807) is 6.20 Å². The van der Waals surface area contributed by atoms with E-state index in [4.69, 9.17) is 11.5 Å². The third kappa shape index (κ3) is 1.84. The summed E-state index contributed by atoms with van der Waals surface area (Å²) < 4.78 is 0. The van der Waals surface area contributed by atoms with Crippen molar-refractivity contribution in [1.82, 2.24) is 4.98 Å². The summed E-state index contributed by atoms with van der Waals surface area (Å²) in [6.45, 7) is 6.51. The maximum Gasteiger partial charge on any atom is 0.128 e. The molecule has 2 rings (SSSR count). The third-order valence-electron chi connectivity index (χ3n) is 3.47. The summed E-state index contributed by atoms with van der Waals surface area (Å²) in [6, 6.07) is 2.09. The molecule has 0 aliphatic heterocycles. The fraction of sp³-hybridized carbons (Fsp3) is 0.583. The second-order valence-electron chi connectivity index (χ2n) is 5.31. The van der Waals surface area contributed by atoms with Gasteiger partial charge in [0.2, 0.25) is 0 Å². The van der Waals surface area contributed by atoms with E-state index < -0.39 is 0 Å². The highest BCUT2D eigenvalue weighted by molar-refractivity contribution is 5.43. The van der Waals surface area contributed by atoms with Crippen molar-refractivity contribution in [2.75, 3.05) is 5.73 Å². The lowest BCUT2D eigenvalue weighted by molar-refractivity contribution is 0.491. The molecule has 0 saturated heterocycles. The van der Waals surface area contributed by atoms with Gasteiger partial charge in [0.1, 0.15) is 5.82 Å². The van der Waals surface area contributed by atoms with Gasteiger partial charge in [-0.15, -0.1) is 0 Å². The van der Waals surface area contributed by atoms with E-state index in [2.05, 4.69) is 24.9 Å². The Hall–Kier alpha value is -1.09. The minimum atomic E-state index is 0.0346. The average Bonchev–Trinajstić information content (AvgIpc) is 2.78. The number of nitrogens with zero attached hydrogens (tertiary/aromatic N) is 1. The van der Waals surface area contributed by atoms with Gasteiger partial charge in [0.05, 0.1) is 0 Å². The molecule has 82 valence electrons. The summed E-state index contributed by atoms with van der Waals surface area (Å²) in [5.74, 6) is 1.12. The molecule has 0 amide bonds. The van der Waals surface area contributed by atoms with Crippen LogP contribution in [0.1, 0.15) is 37.4 Å². The number of hydrogen-bond acceptors (Lipinski definition) is 3. The molecule has 1 aromatic rings. The molecular formula is C12H19N3. The van der Waals surface area contributed by atoms with Crippen molar-refractivity contribution in [3.05, 3.63) is 23.4 Å². The molecule has 1 heterocycles. The molecule has 1 saturated carbocycles. The van der Waals surface area contributed by atoms with Crippen LogP contribution in [0.25, 0.3) is 0 Å². The molecule has 1 aliphatic rings. The van der Waals surface area contributed by atoms with Gasteiger partial charge in [0.25, 0.3) is 0 Å². The molecule has 1 aromatic heterocycles. The average molecular weight is 205 g/mol. The number of hydrogen-bond donors (Lipinski definition) is 2. The van der Waals surface area contributed by atoms with Crippen LogP contribution >= 0.6 is 0 Å². The monoisotopic (exact) mass is 205 g/mol. The Morgan fingerprint density at radius 2 is 2.13 bits per heavy atom. The van der Waals surface area contributed by atoms with Gasteiger partial charge in [-0.1, -0.05) is 13.8 Å². The first-order valence-corrected chi connectivity index (χ1v) is 5.39. The van der Waals surface area contributed by atoms with Crippen LogP contribution in [-0.2, 0) is 0 Å². The molecule has 0 aromatic carbocycles. The number of anilines is 1. The quantitative estimate of drug-likeness (QED) is 0.776. The third-order valence-corrected chi connectivity index (χ3v) is 3.47. The SMILES string of the molecule is Cc1cnc(N)c(C(N)C2CC2(C)C)c1. The molecule has 2 unspecified atom stereocenters. The molecular weight excluding hydrogens is 186 g/mol. The summed E-state index contributed by atoms with van der Waals surface area (Å²) in [6.07, 6.45) is 2.96. The number of pyridine rings is 1. The van der Waals surface area contributed by atoms with Crippen molar-refractivity contribution in [2.24, 2.45) is 17.1 Å². The van der Waals surface area contributed by atoms with Crippen molar-refractivity contribution in [3.8, 4) is 0 Å². The Labute approximate surface area is 90.9 Å². The highest BCUT2D eigenvalue weighted by Crippen LogP contribution is 2.57. The molecule has 0 spiro atoms. The highest BCUT2D eigenvalue weighted by Gasteiger charge is 2.49. The fourth-order valence-electron chi connectivity index (χ4n) is 2.21. The Kier molecular flexibility index (Phi) is 2.23. The van der Waals surface area contributed by atoms with Crippen molar-refractivity contribution in [3.63, 3.8) is 0 Å². The van der Waals surface area contributed by atoms with E-state index in [0.29, 0.717) is 17.2 Å². The van der Waals surface area contributed by atoms with E-state index in [0.717, 1.165) is 11.1 Å². The lowest BCUT2D eigenvalue weighted by atomic mass is 9.97. The molecule has 2 atom stereocenters. The number of nitrogen functional groups attached to an aromatic ring is 1. The molecule has 4 N–H and O–H groups in total. The maximum absolute atomic E-state index is 6.23. The number of aromatic nitrogens is 1. The van der Waals surface area contributed by atoms with Gasteiger partial charge in [-0.25, -0.2) is 4.98 Å². The van der Waals surface area contributed by atoms with E-state index in [-0.39, 0.29) is 6.04 Å². The number of rotatable bonds is 2. The Bertz CT molecular complexity index is 384. The van der Waals surface area contributed by atoms with Crippen LogP contribution in [0.5, 0.6) is 0 Å². The second-order valence-corrected chi connectivity index (χ2v) is 5.31. The van der Waals surface area contributed by atoms with Crippen molar-refractivity contribution >= 4 is 5.82 Å². The predicted molar refractivity (Wildman–Crippen MR) is 62.2 cm³/mol. The molecule has 0 radical (unpaired) electrons. The highest BCUT2D eigenvalue weighted by atomic mass is 14.9. The molecule has 0 bridgehead atoms. The molecule has 3 nitrogen and oxygen atoms in total. The van der Waals surface area contributed by atoms with E-state index >= 15 is 0 Å². The smallest absolute Gasteiger partial charge is 0.128 e. The zero-order chi connectivity index (χ0) is 11.2. The van der Waals surface area contributed by atoms with E-state index in [1.165, 1.54) is 6.42 Å². The summed E-state index contributed by atoms with van der Waals surface area (Å²) in [4.78, 5) is 4.16. The lowest BCUT2D eigenvalue weighted by Crippen LogP contribution is -2.18. The van der Waals surface area contributed by atoms with Gasteiger partial charge in [0, 0.05) is 17.8 Å². The zero-order valence-corrected chi connectivity index (χ0v) is 9.62. The minimum Gasteiger partial charge on any atom is -0.383 e. The Morgan fingerprint density at radius 1 is 1.53 bits per heavy atom. The van der Waals surface area contributed by atoms with E-state index in [1.807, 2.05) is 6.92 Å². The zero-order valence-electron chi connectivity index (χ0n) is 9.62. The van der Waals surface area contributed by atoms with Crippen molar-refractivity contribution in [2.45, 2.75) is 33.2 Å². The largest absolute Gasteiger partial charge is 0.383 e. The summed E-state index contributed by atoms with van der Waals surface area (Å²) in [5, 5.41) is 0. The first-order chi connectivity index (χ1) is 6.92. The van der Waals surface area contributed by atoms with Gasteiger partial charge < -0.3 is 11.5 Å². The predicted octanol–water partition coefficient (Wildman–Crippen LogP) is 2.02. The second kappa shape index (κ2) is 3.20. The Balaban J connectivity index is 2.26. The van der Waals surface area contributed by atoms with Crippen LogP contribution < -0.4 is 11.5 Å². The molecule has 1 fully saturated rings. The normalized spacial score (nSPS) is 24.9. The van der Waals surface area contributed by atoms with Crippen LogP contribution in [-0.4, -0.2) is 4.98 Å². The van der Waals surface area contributed by atoms with Gasteiger partial charge >= 0.3 is 0 Å². The molecule has 1 aliphatic carbocycles. The Morgan fingerprint density at radius 3 is 2.67 bits per heavy atom. The van der Waals surface area contributed by atoms with Crippen LogP contribution in [0.2, 0.25) is 0 Å². The summed E-state index contributed by atoms with van der Waals surface area (Å²) in [5.41, 5.74) is 14.6. The van der Waals surface area contributed by atoms with Crippen LogP contribution in [0, 0.1) is 18.3 Å². The van der Waals surface area contributed by atoms with Crippen LogP contribution in [0.15, 0.2) is 12.3 Å². The van der Waals surface area contributed by atoms with Gasteiger partial charge in [-0.3, -0.25) is 0 Å². The van der Waals surface area contributed by atoms with Gasteiger partial charge in [-0.2, -0.15) is 0 Å². The van der Waals surface area contributed by atoms with Crippen LogP contribution in [0.3, 0.4) is 0 Å². The van der Waals surface area contributed by atoms with E-state index in [9.17, 15) is 0 Å². The fourth-order valence-corrected chi connectivity index (χ4v) is 2.21. The standard InChI is InChI=1S/C12H19N3/c1-7-4-8(11(14)15-6-7)10(13)9-5-12(9,2)3/h4,6,9-10H,5,13H2,1-3H3,(H2,14,15). The first-order valence-electron chi connectivity index (χ1n) is 5.39. The van der Waals surface area contributed by atoms with Gasteiger partial charge in [0.15, 0.2) is 0 Å². The lowest BCUT2D eigenvalue weighted by Gasteiger charge is -2.16. The maximum atomic E-state index is 6.23. The summed E-state index contributed by atoms with van der Waals surface area (Å²) >= 11 is 0. The number of aryl methyl sites for hydroxylation is 1. The number of nitrogens with two attached hydrogens (primary N) is 2. The van der Waals surface area contributed by atoms with Gasteiger partial charge in [-0.05, 0) is 36.3 Å². The van der Waals surface area contributed by atoms with Crippen LogP contribution in [0.4, 0.5) is 5.82 Å². The topological polar surface area (TPSA) is 64.9 Å². The summed E-state index contributed by atoms with van der Waals surface area (Å²) in [7, 11) is 0.